The topological polar surface area (TPSA) is 37.4 Å². The monoisotopic (exact) mass is 271 g/mol. The predicted octanol–water partition coefficient (Wildman–Crippen LogP) is 1.92. The molecule has 1 atom stereocenters. The molecule has 0 aromatic heterocycles. The second-order valence-electron chi connectivity index (χ2n) is 3.88. The van der Waals surface area contributed by atoms with Gasteiger partial charge in [-0.1, -0.05) is 29.8 Å². The van der Waals surface area contributed by atoms with Crippen molar-refractivity contribution in [3.63, 3.8) is 0 Å². The molecular weight excluding hydrogens is 258 g/mol. The van der Waals surface area contributed by atoms with E-state index in [2.05, 4.69) is 0 Å². The molecule has 0 N–H and O–H groups in total. The van der Waals surface area contributed by atoms with Crippen LogP contribution in [-0.4, -0.2) is 34.0 Å². The maximum absolute atomic E-state index is 12.1. The summed E-state index contributed by atoms with van der Waals surface area (Å²) in [5.74, 6) is -0.722. The van der Waals surface area contributed by atoms with Crippen LogP contribution in [0.1, 0.15) is 18.4 Å². The summed E-state index contributed by atoms with van der Waals surface area (Å²) in [6.45, 7) is 1.66. The van der Waals surface area contributed by atoms with Crippen LogP contribution in [-0.2, 0) is 16.1 Å². The van der Waals surface area contributed by atoms with Crippen LogP contribution in [0.15, 0.2) is 24.3 Å². The Kier molecular flexibility index (Phi) is 4.90. The molecule has 0 heterocycles. The number of rotatable bonds is 3. The van der Waals surface area contributed by atoms with E-state index < -0.39 is 5.92 Å². The summed E-state index contributed by atoms with van der Waals surface area (Å²) in [4.78, 5) is 14.1. The lowest BCUT2D eigenvalue weighted by molar-refractivity contribution is -0.128. The van der Waals surface area contributed by atoms with Crippen LogP contribution < -0.4 is 0 Å². The number of likely N-dealkylation sites (N-methyl/N-ethyl adjacent to an activating group) is 1. The highest BCUT2D eigenvalue weighted by molar-refractivity contribution is 7.66. The Morgan fingerprint density at radius 2 is 1.94 bits per heavy atom. The largest absolute Gasteiger partial charge is 0.348 e. The van der Waals surface area contributed by atoms with Crippen molar-refractivity contribution < 1.29 is 9.00 Å². The Balaban J connectivity index is 3.31. The average Bonchev–Trinajstić information content (AvgIpc) is 2.31. The van der Waals surface area contributed by atoms with Gasteiger partial charge in [-0.3, -0.25) is 4.79 Å². The highest BCUT2D eigenvalue weighted by Gasteiger charge is 2.26. The van der Waals surface area contributed by atoms with Crippen LogP contribution >= 0.6 is 11.6 Å². The fraction of sp³-hybridized carbons (Fsp3) is 0.333. The molecule has 3 nitrogen and oxygen atoms in total. The zero-order valence-electron chi connectivity index (χ0n) is 9.94. The first kappa shape index (κ1) is 13.9. The van der Waals surface area contributed by atoms with Crippen molar-refractivity contribution >= 4 is 33.6 Å². The van der Waals surface area contributed by atoms with Crippen molar-refractivity contribution in [3.05, 3.63) is 34.9 Å². The van der Waals surface area contributed by atoms with E-state index in [0.29, 0.717) is 26.7 Å². The average molecular weight is 272 g/mol. The van der Waals surface area contributed by atoms with E-state index in [1.165, 1.54) is 4.90 Å². The van der Waals surface area contributed by atoms with E-state index in [4.69, 9.17) is 11.6 Å². The molecule has 0 saturated carbocycles. The van der Waals surface area contributed by atoms with Gasteiger partial charge in [0.25, 0.3) is 0 Å². The minimum absolute atomic E-state index is 0.140. The molecule has 1 aromatic carbocycles. The number of benzene rings is 1. The molecule has 0 aliphatic rings. The molecule has 0 bridgehead atoms. The molecule has 1 aromatic rings. The highest BCUT2D eigenvalue weighted by Crippen LogP contribution is 2.26. The minimum Gasteiger partial charge on any atom is -0.348 e. The molecule has 0 saturated heterocycles. The minimum atomic E-state index is -0.582. The Morgan fingerprint density at radius 1 is 1.35 bits per heavy atom. The van der Waals surface area contributed by atoms with Crippen LogP contribution in [0.5, 0.6) is 0 Å². The number of carbonyl (C=O) groups excluding carboxylic acids is 1. The van der Waals surface area contributed by atoms with Gasteiger partial charge in [0.05, 0.1) is 17.2 Å². The number of amides is 1. The van der Waals surface area contributed by atoms with Gasteiger partial charge >= 0.3 is 0 Å². The standard InChI is InChI=1S/C12H14ClNO2S/c1-8(17-16)11(12(15)14(2)3)9-6-4-5-7-10(9)13/h4-7,11H,1-3H3. The molecule has 0 spiro atoms. The first-order valence-corrected chi connectivity index (χ1v) is 6.19. The highest BCUT2D eigenvalue weighted by atomic mass is 35.5. The first-order valence-electron chi connectivity index (χ1n) is 5.08. The van der Waals surface area contributed by atoms with E-state index in [1.807, 2.05) is 0 Å². The zero-order chi connectivity index (χ0) is 13.0. The van der Waals surface area contributed by atoms with Gasteiger partial charge in [-0.05, 0) is 18.6 Å². The third-order valence-electron chi connectivity index (χ3n) is 2.44. The van der Waals surface area contributed by atoms with Crippen molar-refractivity contribution in [2.24, 2.45) is 0 Å². The number of hydrogen-bond acceptors (Lipinski definition) is 2. The lowest BCUT2D eigenvalue weighted by Crippen LogP contribution is -2.32. The van der Waals surface area contributed by atoms with Crippen LogP contribution in [0.3, 0.4) is 0 Å². The van der Waals surface area contributed by atoms with Gasteiger partial charge in [-0.2, -0.15) is 0 Å². The number of nitrogens with zero attached hydrogens (tertiary/aromatic N) is 1. The maximum atomic E-state index is 12.1. The van der Waals surface area contributed by atoms with E-state index >= 15 is 0 Å². The Hall–Kier alpha value is -1.13. The molecule has 1 rings (SSSR count). The van der Waals surface area contributed by atoms with Gasteiger partial charge in [-0.25, -0.2) is 4.21 Å². The number of halogens is 1. The molecule has 92 valence electrons. The fourth-order valence-electron chi connectivity index (χ4n) is 1.54. The molecule has 5 heteroatoms. The third kappa shape index (κ3) is 3.17. The second-order valence-corrected chi connectivity index (χ2v) is 5.10. The molecule has 17 heavy (non-hydrogen) atoms. The Bertz CT molecular complexity index is 481. The van der Waals surface area contributed by atoms with Crippen molar-refractivity contribution in [2.75, 3.05) is 14.1 Å². The maximum Gasteiger partial charge on any atom is 0.234 e. The van der Waals surface area contributed by atoms with Gasteiger partial charge in [0.15, 0.2) is 0 Å². The summed E-state index contributed by atoms with van der Waals surface area (Å²) >= 11 is 6.42. The van der Waals surface area contributed by atoms with Crippen LogP contribution in [0.25, 0.3) is 0 Å². The summed E-state index contributed by atoms with van der Waals surface area (Å²) < 4.78 is 10.9. The Labute approximate surface area is 109 Å². The SMILES string of the molecule is CC(=S=O)C(C(=O)N(C)C)c1ccccc1Cl. The quantitative estimate of drug-likeness (QED) is 0.788. The van der Waals surface area contributed by atoms with E-state index in [-0.39, 0.29) is 5.91 Å². The van der Waals surface area contributed by atoms with Gasteiger partial charge < -0.3 is 4.90 Å². The smallest absolute Gasteiger partial charge is 0.234 e. The van der Waals surface area contributed by atoms with Gasteiger partial charge in [-0.15, -0.1) is 0 Å². The molecule has 1 unspecified atom stereocenters. The number of carbonyl (C=O) groups is 1. The molecular formula is C12H14ClNO2S. The molecule has 1 amide bonds. The van der Waals surface area contributed by atoms with E-state index in [9.17, 15) is 9.00 Å². The normalized spacial score (nSPS) is 11.8. The number of hydrogen-bond donors (Lipinski definition) is 0. The van der Waals surface area contributed by atoms with Gasteiger partial charge in [0.2, 0.25) is 5.91 Å². The third-order valence-corrected chi connectivity index (χ3v) is 3.28. The van der Waals surface area contributed by atoms with E-state index in [0.717, 1.165) is 0 Å². The molecule has 0 radical (unpaired) electrons. The van der Waals surface area contributed by atoms with E-state index in [1.54, 1.807) is 45.3 Å². The summed E-state index contributed by atoms with van der Waals surface area (Å²) in [5, 5.41) is 0.501. The Morgan fingerprint density at radius 3 is 2.41 bits per heavy atom. The lowest BCUT2D eigenvalue weighted by Gasteiger charge is -2.20. The summed E-state index contributed by atoms with van der Waals surface area (Å²) in [6.07, 6.45) is 0. The molecule has 0 aliphatic carbocycles. The van der Waals surface area contributed by atoms with Crippen molar-refractivity contribution in [2.45, 2.75) is 12.8 Å². The summed E-state index contributed by atoms with van der Waals surface area (Å²) in [7, 11) is 3.32. The van der Waals surface area contributed by atoms with Crippen LogP contribution in [0, 0.1) is 0 Å². The van der Waals surface area contributed by atoms with Crippen LogP contribution in [0.4, 0.5) is 0 Å². The van der Waals surface area contributed by atoms with Crippen molar-refractivity contribution in [1.29, 1.82) is 0 Å². The lowest BCUT2D eigenvalue weighted by atomic mass is 9.95. The van der Waals surface area contributed by atoms with Crippen molar-refractivity contribution in [3.8, 4) is 0 Å². The molecule has 0 fully saturated rings. The summed E-state index contributed by atoms with van der Waals surface area (Å²) in [6, 6.07) is 7.09. The van der Waals surface area contributed by atoms with Gasteiger partial charge in [0.1, 0.15) is 0 Å². The summed E-state index contributed by atoms with van der Waals surface area (Å²) in [5.41, 5.74) is 0.675. The fourth-order valence-corrected chi connectivity index (χ4v) is 2.11. The van der Waals surface area contributed by atoms with Crippen LogP contribution in [0.2, 0.25) is 5.02 Å². The molecule has 0 aliphatic heterocycles. The zero-order valence-corrected chi connectivity index (χ0v) is 11.5. The van der Waals surface area contributed by atoms with Gasteiger partial charge in [0, 0.05) is 24.0 Å². The first-order chi connectivity index (χ1) is 7.99. The van der Waals surface area contributed by atoms with Crippen molar-refractivity contribution in [1.82, 2.24) is 4.90 Å². The second kappa shape index (κ2) is 5.98. The predicted molar refractivity (Wildman–Crippen MR) is 71.7 cm³/mol.